The summed E-state index contributed by atoms with van der Waals surface area (Å²) in [6, 6.07) is 9.21. The van der Waals surface area contributed by atoms with E-state index in [1.54, 1.807) is 25.4 Å². The predicted octanol–water partition coefficient (Wildman–Crippen LogP) is 2.19. The third-order valence-corrected chi connectivity index (χ3v) is 2.50. The lowest BCUT2D eigenvalue weighted by atomic mass is 10.2. The van der Waals surface area contributed by atoms with Gasteiger partial charge in [-0.15, -0.1) is 0 Å². The fourth-order valence-electron chi connectivity index (χ4n) is 1.45. The van der Waals surface area contributed by atoms with E-state index in [-0.39, 0.29) is 11.9 Å². The van der Waals surface area contributed by atoms with E-state index in [4.69, 9.17) is 4.74 Å². The number of aromatic nitrogens is 2. The van der Waals surface area contributed by atoms with E-state index in [2.05, 4.69) is 15.3 Å². The van der Waals surface area contributed by atoms with Crippen molar-refractivity contribution in [3.63, 3.8) is 0 Å². The summed E-state index contributed by atoms with van der Waals surface area (Å²) in [5.74, 6) is 0.640. The first kappa shape index (κ1) is 13.0. The van der Waals surface area contributed by atoms with E-state index in [1.165, 1.54) is 0 Å². The summed E-state index contributed by atoms with van der Waals surface area (Å²) in [6.45, 7) is 3.67. The van der Waals surface area contributed by atoms with Crippen LogP contribution in [0.3, 0.4) is 0 Å². The fourth-order valence-corrected chi connectivity index (χ4v) is 1.45. The molecule has 1 heterocycles. The van der Waals surface area contributed by atoms with Crippen LogP contribution in [-0.4, -0.2) is 22.0 Å². The van der Waals surface area contributed by atoms with Crippen LogP contribution in [0, 0.1) is 6.92 Å². The lowest BCUT2D eigenvalue weighted by molar-refractivity contribution is -0.122. The smallest absolute Gasteiger partial charge is 0.267 e. The van der Waals surface area contributed by atoms with E-state index >= 15 is 0 Å². The molecule has 2 aromatic rings. The Kier molecular flexibility index (Phi) is 4.07. The number of carbonyl (C=O) groups excluding carboxylic acids is 1. The number of aryl methyl sites for hydroxylation is 1. The average molecular weight is 257 g/mol. The number of nitrogens with zero attached hydrogens (tertiary/aromatic N) is 2. The van der Waals surface area contributed by atoms with E-state index in [0.717, 1.165) is 5.56 Å². The second-order valence-corrected chi connectivity index (χ2v) is 4.13. The maximum atomic E-state index is 11.9. The van der Waals surface area contributed by atoms with E-state index < -0.39 is 6.10 Å². The Bertz CT molecular complexity index is 540. The molecule has 1 atom stereocenters. The largest absolute Gasteiger partial charge is 0.481 e. The molecule has 0 aliphatic carbocycles. The highest BCUT2D eigenvalue weighted by Crippen LogP contribution is 2.13. The van der Waals surface area contributed by atoms with Crippen molar-refractivity contribution in [3.05, 3.63) is 48.3 Å². The molecule has 0 radical (unpaired) electrons. The van der Waals surface area contributed by atoms with Gasteiger partial charge in [-0.25, -0.2) is 9.97 Å². The van der Waals surface area contributed by atoms with Gasteiger partial charge in [-0.05, 0) is 32.0 Å². The van der Waals surface area contributed by atoms with Crippen LogP contribution in [0.4, 0.5) is 5.95 Å². The van der Waals surface area contributed by atoms with Gasteiger partial charge in [0.15, 0.2) is 6.10 Å². The number of hydrogen-bond acceptors (Lipinski definition) is 4. The molecule has 0 saturated carbocycles. The fraction of sp³-hybridized carbons (Fsp3) is 0.214. The van der Waals surface area contributed by atoms with Crippen LogP contribution < -0.4 is 10.1 Å². The van der Waals surface area contributed by atoms with E-state index in [9.17, 15) is 4.79 Å². The number of amides is 1. The monoisotopic (exact) mass is 257 g/mol. The van der Waals surface area contributed by atoms with Gasteiger partial charge in [0.2, 0.25) is 5.95 Å². The lowest BCUT2D eigenvalue weighted by Gasteiger charge is -2.14. The first-order valence-corrected chi connectivity index (χ1v) is 5.96. The molecule has 1 aromatic heterocycles. The van der Waals surface area contributed by atoms with Gasteiger partial charge in [-0.1, -0.05) is 17.7 Å². The highest BCUT2D eigenvalue weighted by atomic mass is 16.5. The number of nitrogens with one attached hydrogen (secondary N) is 1. The highest BCUT2D eigenvalue weighted by Gasteiger charge is 2.15. The molecule has 0 fully saturated rings. The molecule has 0 bridgehead atoms. The molecule has 1 unspecified atom stereocenters. The van der Waals surface area contributed by atoms with Crippen molar-refractivity contribution in [1.29, 1.82) is 0 Å². The van der Waals surface area contributed by atoms with Crippen molar-refractivity contribution in [2.75, 3.05) is 5.32 Å². The molecule has 1 aromatic carbocycles. The molecular formula is C14H15N3O2. The van der Waals surface area contributed by atoms with Gasteiger partial charge in [0.25, 0.3) is 5.91 Å². The molecule has 0 saturated heterocycles. The van der Waals surface area contributed by atoms with Crippen molar-refractivity contribution in [2.45, 2.75) is 20.0 Å². The van der Waals surface area contributed by atoms with Crippen LogP contribution in [0.15, 0.2) is 42.7 Å². The van der Waals surface area contributed by atoms with Gasteiger partial charge in [0.1, 0.15) is 5.75 Å². The SMILES string of the molecule is Cc1ccc(OC(C)C(=O)Nc2ncccn2)cc1. The first-order chi connectivity index (χ1) is 9.15. The zero-order valence-corrected chi connectivity index (χ0v) is 10.8. The third-order valence-electron chi connectivity index (χ3n) is 2.50. The second-order valence-electron chi connectivity index (χ2n) is 4.13. The topological polar surface area (TPSA) is 64.1 Å². The number of benzene rings is 1. The summed E-state index contributed by atoms with van der Waals surface area (Å²) in [5, 5.41) is 2.59. The molecule has 0 aliphatic heterocycles. The minimum atomic E-state index is -0.619. The highest BCUT2D eigenvalue weighted by molar-refractivity contribution is 5.92. The summed E-state index contributed by atoms with van der Waals surface area (Å²) in [5.41, 5.74) is 1.14. The Balaban J connectivity index is 1.94. The molecule has 5 nitrogen and oxygen atoms in total. The number of rotatable bonds is 4. The van der Waals surface area contributed by atoms with Crippen molar-refractivity contribution >= 4 is 11.9 Å². The molecule has 1 amide bonds. The van der Waals surface area contributed by atoms with E-state index in [1.807, 2.05) is 31.2 Å². The Hall–Kier alpha value is -2.43. The molecule has 0 aliphatic rings. The van der Waals surface area contributed by atoms with Crippen LogP contribution in [0.25, 0.3) is 0 Å². The van der Waals surface area contributed by atoms with Gasteiger partial charge in [0.05, 0.1) is 0 Å². The van der Waals surface area contributed by atoms with Gasteiger partial charge < -0.3 is 4.74 Å². The summed E-state index contributed by atoms with van der Waals surface area (Å²) < 4.78 is 5.54. The van der Waals surface area contributed by atoms with Gasteiger partial charge in [-0.2, -0.15) is 0 Å². The molecule has 5 heteroatoms. The average Bonchev–Trinajstić information content (AvgIpc) is 2.42. The number of ether oxygens (including phenoxy) is 1. The Labute approximate surface area is 111 Å². The molecular weight excluding hydrogens is 242 g/mol. The van der Waals surface area contributed by atoms with Crippen LogP contribution in [-0.2, 0) is 4.79 Å². The Morgan fingerprint density at radius 1 is 1.21 bits per heavy atom. The number of carbonyl (C=O) groups is 1. The maximum Gasteiger partial charge on any atom is 0.267 e. The molecule has 2 rings (SSSR count). The maximum absolute atomic E-state index is 11.9. The third kappa shape index (κ3) is 3.77. The number of anilines is 1. The summed E-state index contributed by atoms with van der Waals surface area (Å²) in [7, 11) is 0. The normalized spacial score (nSPS) is 11.7. The molecule has 19 heavy (non-hydrogen) atoms. The summed E-state index contributed by atoms with van der Waals surface area (Å²) in [4.78, 5) is 19.7. The van der Waals surface area contributed by atoms with Crippen molar-refractivity contribution in [3.8, 4) is 5.75 Å². The van der Waals surface area contributed by atoms with Crippen LogP contribution in [0.1, 0.15) is 12.5 Å². The summed E-state index contributed by atoms with van der Waals surface area (Å²) in [6.07, 6.45) is 2.51. The van der Waals surface area contributed by atoms with Gasteiger partial charge >= 0.3 is 0 Å². The quantitative estimate of drug-likeness (QED) is 0.911. The standard InChI is InChI=1S/C14H15N3O2/c1-10-4-6-12(7-5-10)19-11(2)13(18)17-14-15-8-3-9-16-14/h3-9,11H,1-2H3,(H,15,16,17,18). The van der Waals surface area contributed by atoms with Gasteiger partial charge in [0, 0.05) is 12.4 Å². The predicted molar refractivity (Wildman–Crippen MR) is 71.9 cm³/mol. The zero-order valence-electron chi connectivity index (χ0n) is 10.8. The van der Waals surface area contributed by atoms with Crippen LogP contribution >= 0.6 is 0 Å². The van der Waals surface area contributed by atoms with Crippen LogP contribution in [0.2, 0.25) is 0 Å². The molecule has 1 N–H and O–H groups in total. The minimum absolute atomic E-state index is 0.270. The number of hydrogen-bond donors (Lipinski definition) is 1. The van der Waals surface area contributed by atoms with Crippen LogP contribution in [0.5, 0.6) is 5.75 Å². The Morgan fingerprint density at radius 2 is 1.84 bits per heavy atom. The lowest BCUT2D eigenvalue weighted by Crippen LogP contribution is -2.30. The minimum Gasteiger partial charge on any atom is -0.481 e. The van der Waals surface area contributed by atoms with Crippen molar-refractivity contribution < 1.29 is 9.53 Å². The van der Waals surface area contributed by atoms with Crippen molar-refractivity contribution in [1.82, 2.24) is 9.97 Å². The second kappa shape index (κ2) is 5.95. The summed E-state index contributed by atoms with van der Waals surface area (Å²) >= 11 is 0. The molecule has 98 valence electrons. The molecule has 0 spiro atoms. The zero-order chi connectivity index (χ0) is 13.7. The first-order valence-electron chi connectivity index (χ1n) is 5.96. The van der Waals surface area contributed by atoms with E-state index in [0.29, 0.717) is 5.75 Å². The Morgan fingerprint density at radius 3 is 2.47 bits per heavy atom. The van der Waals surface area contributed by atoms with Gasteiger partial charge in [-0.3, -0.25) is 10.1 Å². The van der Waals surface area contributed by atoms with Crippen molar-refractivity contribution in [2.24, 2.45) is 0 Å².